The van der Waals surface area contributed by atoms with Crippen LogP contribution in [0.25, 0.3) is 0 Å². The van der Waals surface area contributed by atoms with Gasteiger partial charge in [0.2, 0.25) is 17.7 Å². The number of alkyl carbamates (subject to hydrolysis) is 1. The van der Waals surface area contributed by atoms with Crippen molar-refractivity contribution >= 4 is 23.8 Å². The van der Waals surface area contributed by atoms with Crippen LogP contribution < -0.4 is 16.4 Å². The van der Waals surface area contributed by atoms with Gasteiger partial charge in [-0.3, -0.25) is 14.4 Å². The first kappa shape index (κ1) is 30.7. The first-order chi connectivity index (χ1) is 16.6. The first-order valence-corrected chi connectivity index (χ1v) is 12.2. The van der Waals surface area contributed by atoms with E-state index in [9.17, 15) is 24.3 Å². The molecular weight excluding hydrogens is 464 g/mol. The lowest BCUT2D eigenvalue weighted by atomic mass is 9.94. The molecule has 2 unspecified atom stereocenters. The van der Waals surface area contributed by atoms with Crippen LogP contribution in [0, 0.1) is 0 Å². The Labute approximate surface area is 213 Å². The van der Waals surface area contributed by atoms with Gasteiger partial charge in [0.1, 0.15) is 23.4 Å². The van der Waals surface area contributed by atoms with Crippen LogP contribution in [-0.2, 0) is 19.1 Å². The molecule has 36 heavy (non-hydrogen) atoms. The number of hydrogen-bond donors (Lipinski definition) is 4. The maximum Gasteiger partial charge on any atom is 0.408 e. The SMILES string of the molecule is CCCCNC(=O)C(c1ccc(O)cc1)N(C(=O)C(CCC(N)=O)NC(=O)OC(C)(C)C)C(C)(C)C. The molecule has 0 heterocycles. The van der Waals surface area contributed by atoms with Crippen molar-refractivity contribution in [1.82, 2.24) is 15.5 Å². The number of carbonyl (C=O) groups is 4. The molecule has 0 saturated carbocycles. The Hall–Kier alpha value is -3.30. The number of phenolic OH excluding ortho intramolecular Hbond substituents is 1. The molecule has 0 aromatic heterocycles. The van der Waals surface area contributed by atoms with Gasteiger partial charge in [0.15, 0.2) is 0 Å². The molecular formula is C26H42N4O6. The van der Waals surface area contributed by atoms with E-state index in [1.807, 2.05) is 6.92 Å². The lowest BCUT2D eigenvalue weighted by Crippen LogP contribution is -2.58. The number of aromatic hydroxyl groups is 1. The molecule has 0 saturated heterocycles. The molecule has 1 rings (SSSR count). The van der Waals surface area contributed by atoms with Crippen molar-refractivity contribution in [3.8, 4) is 5.75 Å². The zero-order chi connectivity index (χ0) is 27.7. The van der Waals surface area contributed by atoms with Crippen molar-refractivity contribution in [1.29, 1.82) is 0 Å². The third-order valence-corrected chi connectivity index (χ3v) is 5.17. The van der Waals surface area contributed by atoms with Gasteiger partial charge in [0, 0.05) is 18.5 Å². The second kappa shape index (κ2) is 13.1. The minimum atomic E-state index is -1.17. The number of unbranched alkanes of at least 4 members (excludes halogenated alkanes) is 1. The summed E-state index contributed by atoms with van der Waals surface area (Å²) in [6, 6.07) is 3.80. The predicted molar refractivity (Wildman–Crippen MR) is 137 cm³/mol. The minimum Gasteiger partial charge on any atom is -0.508 e. The van der Waals surface area contributed by atoms with E-state index < -0.39 is 47.0 Å². The van der Waals surface area contributed by atoms with Gasteiger partial charge in [-0.05, 0) is 72.1 Å². The average Bonchev–Trinajstić information content (AvgIpc) is 2.73. The fourth-order valence-electron chi connectivity index (χ4n) is 3.57. The molecule has 1 aromatic rings. The highest BCUT2D eigenvalue weighted by Gasteiger charge is 2.41. The van der Waals surface area contributed by atoms with Gasteiger partial charge in [-0.15, -0.1) is 0 Å². The molecule has 0 aliphatic carbocycles. The van der Waals surface area contributed by atoms with E-state index in [2.05, 4.69) is 10.6 Å². The zero-order valence-corrected chi connectivity index (χ0v) is 22.5. The summed E-state index contributed by atoms with van der Waals surface area (Å²) in [6.07, 6.45) is 0.587. The Morgan fingerprint density at radius 1 is 1.06 bits per heavy atom. The lowest BCUT2D eigenvalue weighted by molar-refractivity contribution is -0.148. The van der Waals surface area contributed by atoms with Crippen LogP contribution in [0.3, 0.4) is 0 Å². The number of carbonyl (C=O) groups excluding carboxylic acids is 4. The predicted octanol–water partition coefficient (Wildman–Crippen LogP) is 3.14. The Balaban J connectivity index is 3.50. The van der Waals surface area contributed by atoms with E-state index in [1.54, 1.807) is 53.7 Å². The third kappa shape index (κ3) is 10.1. The monoisotopic (exact) mass is 506 g/mol. The van der Waals surface area contributed by atoms with Crippen LogP contribution >= 0.6 is 0 Å². The van der Waals surface area contributed by atoms with Gasteiger partial charge in [-0.2, -0.15) is 0 Å². The summed E-state index contributed by atoms with van der Waals surface area (Å²) in [5, 5.41) is 15.2. The molecule has 0 aliphatic rings. The van der Waals surface area contributed by atoms with Crippen molar-refractivity contribution < 1.29 is 29.0 Å². The number of phenols is 1. The van der Waals surface area contributed by atoms with Crippen molar-refractivity contribution in [2.75, 3.05) is 6.54 Å². The molecule has 4 amide bonds. The molecule has 0 spiro atoms. The maximum atomic E-state index is 14.0. The Morgan fingerprint density at radius 2 is 1.64 bits per heavy atom. The first-order valence-electron chi connectivity index (χ1n) is 12.2. The average molecular weight is 507 g/mol. The highest BCUT2D eigenvalue weighted by molar-refractivity contribution is 5.93. The summed E-state index contributed by atoms with van der Waals surface area (Å²) in [4.78, 5) is 52.9. The zero-order valence-electron chi connectivity index (χ0n) is 22.5. The molecule has 10 nitrogen and oxygen atoms in total. The fourth-order valence-corrected chi connectivity index (χ4v) is 3.57. The topological polar surface area (TPSA) is 151 Å². The highest BCUT2D eigenvalue weighted by Crippen LogP contribution is 2.31. The van der Waals surface area contributed by atoms with Crippen molar-refractivity contribution in [2.24, 2.45) is 5.73 Å². The van der Waals surface area contributed by atoms with Gasteiger partial charge in [-0.1, -0.05) is 25.5 Å². The largest absolute Gasteiger partial charge is 0.508 e. The normalized spacial score (nSPS) is 13.3. The Morgan fingerprint density at radius 3 is 2.11 bits per heavy atom. The van der Waals surface area contributed by atoms with Crippen LogP contribution in [0.15, 0.2) is 24.3 Å². The quantitative estimate of drug-likeness (QED) is 0.339. The van der Waals surface area contributed by atoms with E-state index >= 15 is 0 Å². The summed E-state index contributed by atoms with van der Waals surface area (Å²) in [7, 11) is 0. The number of amides is 4. The Kier molecular flexibility index (Phi) is 11.2. The molecule has 0 bridgehead atoms. The summed E-state index contributed by atoms with van der Waals surface area (Å²) >= 11 is 0. The summed E-state index contributed by atoms with van der Waals surface area (Å²) in [6.45, 7) is 12.8. The van der Waals surface area contributed by atoms with E-state index in [0.717, 1.165) is 12.8 Å². The van der Waals surface area contributed by atoms with Gasteiger partial charge < -0.3 is 31.1 Å². The minimum absolute atomic E-state index is 0.0171. The molecule has 10 heteroatoms. The molecule has 0 fully saturated rings. The van der Waals surface area contributed by atoms with E-state index in [-0.39, 0.29) is 18.6 Å². The van der Waals surface area contributed by atoms with Crippen LogP contribution in [0.5, 0.6) is 5.75 Å². The number of hydrogen-bond acceptors (Lipinski definition) is 6. The molecule has 202 valence electrons. The van der Waals surface area contributed by atoms with Crippen molar-refractivity contribution in [2.45, 2.75) is 97.4 Å². The third-order valence-electron chi connectivity index (χ3n) is 5.17. The number of ether oxygens (including phenoxy) is 1. The second-order valence-electron chi connectivity index (χ2n) is 10.7. The van der Waals surface area contributed by atoms with Gasteiger partial charge in [0.05, 0.1) is 0 Å². The summed E-state index contributed by atoms with van der Waals surface area (Å²) in [5.74, 6) is -1.58. The van der Waals surface area contributed by atoms with E-state index in [0.29, 0.717) is 12.1 Å². The standard InChI is InChI=1S/C26H42N4O6/c1-8-9-16-28-22(33)21(17-10-12-18(31)13-11-17)30(25(2,3)4)23(34)19(14-15-20(27)32)29-24(35)36-26(5,6)7/h10-13,19,21,31H,8-9,14-16H2,1-7H3,(H2,27,32)(H,28,33)(H,29,35). The number of nitrogens with zero attached hydrogens (tertiary/aromatic N) is 1. The summed E-state index contributed by atoms with van der Waals surface area (Å²) in [5.41, 5.74) is 4.12. The number of primary amides is 1. The lowest BCUT2D eigenvalue weighted by Gasteiger charge is -2.43. The maximum absolute atomic E-state index is 14.0. The molecule has 0 radical (unpaired) electrons. The van der Waals surface area contributed by atoms with Crippen LogP contribution in [-0.4, -0.2) is 57.5 Å². The molecule has 2 atom stereocenters. The van der Waals surface area contributed by atoms with Gasteiger partial charge >= 0.3 is 6.09 Å². The molecule has 5 N–H and O–H groups in total. The Bertz CT molecular complexity index is 902. The van der Waals surface area contributed by atoms with Crippen LogP contribution in [0.1, 0.15) is 85.8 Å². The van der Waals surface area contributed by atoms with Crippen molar-refractivity contribution in [3.63, 3.8) is 0 Å². The highest BCUT2D eigenvalue weighted by atomic mass is 16.6. The van der Waals surface area contributed by atoms with Crippen LogP contribution in [0.4, 0.5) is 4.79 Å². The number of nitrogens with two attached hydrogens (primary N) is 1. The molecule has 0 aliphatic heterocycles. The van der Waals surface area contributed by atoms with Gasteiger partial charge in [0.25, 0.3) is 0 Å². The molecule has 1 aromatic carbocycles. The summed E-state index contributed by atoms with van der Waals surface area (Å²) < 4.78 is 5.32. The number of rotatable bonds is 11. The number of benzene rings is 1. The van der Waals surface area contributed by atoms with Crippen LogP contribution in [0.2, 0.25) is 0 Å². The van der Waals surface area contributed by atoms with Gasteiger partial charge in [-0.25, -0.2) is 4.79 Å². The van der Waals surface area contributed by atoms with E-state index in [1.165, 1.54) is 17.0 Å². The second-order valence-corrected chi connectivity index (χ2v) is 10.7. The van der Waals surface area contributed by atoms with E-state index in [4.69, 9.17) is 10.5 Å². The fraction of sp³-hybridized carbons (Fsp3) is 0.615. The van der Waals surface area contributed by atoms with Crippen molar-refractivity contribution in [3.05, 3.63) is 29.8 Å². The number of nitrogens with one attached hydrogen (secondary N) is 2. The smallest absolute Gasteiger partial charge is 0.408 e.